The van der Waals surface area contributed by atoms with Gasteiger partial charge in [-0.05, 0) is 44.5 Å². The summed E-state index contributed by atoms with van der Waals surface area (Å²) >= 11 is 3.41. The Labute approximate surface area is 127 Å². The molecule has 0 aliphatic carbocycles. The molecule has 2 unspecified atom stereocenters. The molecule has 1 aliphatic heterocycles. The van der Waals surface area contributed by atoms with Gasteiger partial charge in [0.25, 0.3) is 0 Å². The summed E-state index contributed by atoms with van der Waals surface area (Å²) in [5.41, 5.74) is 0. The standard InChI is InChI=1S/C15H20BrNO3/c1-11-9-12(15(18)19)5-6-17(11)7-8-20-14-4-2-3-13(16)10-14/h2-4,10-12H,5-9H2,1H3,(H,18,19). The van der Waals surface area contributed by atoms with Crippen LogP contribution in [0.1, 0.15) is 19.8 Å². The topological polar surface area (TPSA) is 49.8 Å². The van der Waals surface area contributed by atoms with Crippen LogP contribution < -0.4 is 4.74 Å². The quantitative estimate of drug-likeness (QED) is 0.894. The minimum atomic E-state index is -0.665. The van der Waals surface area contributed by atoms with Crippen molar-refractivity contribution < 1.29 is 14.6 Å². The summed E-state index contributed by atoms with van der Waals surface area (Å²) in [7, 11) is 0. The van der Waals surface area contributed by atoms with E-state index in [0.29, 0.717) is 12.6 Å². The fourth-order valence-corrected chi connectivity index (χ4v) is 2.99. The molecule has 0 spiro atoms. The molecule has 0 aromatic heterocycles. The highest BCUT2D eigenvalue weighted by Crippen LogP contribution is 2.23. The lowest BCUT2D eigenvalue weighted by molar-refractivity contribution is -0.144. The third-order valence-electron chi connectivity index (χ3n) is 3.81. The maximum Gasteiger partial charge on any atom is 0.306 e. The number of nitrogens with zero attached hydrogens (tertiary/aromatic N) is 1. The van der Waals surface area contributed by atoms with E-state index in [0.717, 1.165) is 36.2 Å². The number of carboxylic acids is 1. The molecule has 1 aliphatic rings. The molecule has 0 bridgehead atoms. The highest BCUT2D eigenvalue weighted by molar-refractivity contribution is 9.10. The Morgan fingerprint density at radius 3 is 3.00 bits per heavy atom. The molecule has 1 N–H and O–H groups in total. The summed E-state index contributed by atoms with van der Waals surface area (Å²) in [6, 6.07) is 8.09. The minimum absolute atomic E-state index is 0.188. The summed E-state index contributed by atoms with van der Waals surface area (Å²) in [4.78, 5) is 13.3. The number of ether oxygens (including phenoxy) is 1. The molecule has 2 atom stereocenters. The lowest BCUT2D eigenvalue weighted by Gasteiger charge is -2.36. The highest BCUT2D eigenvalue weighted by Gasteiger charge is 2.29. The molecular formula is C15H20BrNO3. The first kappa shape index (κ1) is 15.3. The van der Waals surface area contributed by atoms with Crippen LogP contribution in [0.2, 0.25) is 0 Å². The number of benzene rings is 1. The smallest absolute Gasteiger partial charge is 0.306 e. The molecule has 0 amide bonds. The number of rotatable bonds is 5. The molecule has 0 radical (unpaired) electrons. The number of carbonyl (C=O) groups is 1. The van der Waals surface area contributed by atoms with E-state index < -0.39 is 5.97 Å². The van der Waals surface area contributed by atoms with Crippen molar-refractivity contribution in [3.8, 4) is 5.75 Å². The van der Waals surface area contributed by atoms with Gasteiger partial charge in [-0.2, -0.15) is 0 Å². The molecule has 5 heteroatoms. The van der Waals surface area contributed by atoms with Crippen molar-refractivity contribution in [3.05, 3.63) is 28.7 Å². The van der Waals surface area contributed by atoms with Crippen molar-refractivity contribution in [2.24, 2.45) is 5.92 Å². The molecule has 2 rings (SSSR count). The molecule has 1 saturated heterocycles. The predicted molar refractivity (Wildman–Crippen MR) is 81.0 cm³/mol. The van der Waals surface area contributed by atoms with Crippen LogP contribution in [0.25, 0.3) is 0 Å². The van der Waals surface area contributed by atoms with Crippen LogP contribution in [0.4, 0.5) is 0 Å². The monoisotopic (exact) mass is 341 g/mol. The summed E-state index contributed by atoms with van der Waals surface area (Å²) in [5, 5.41) is 9.05. The largest absolute Gasteiger partial charge is 0.492 e. The Kier molecular flexibility index (Phi) is 5.43. The van der Waals surface area contributed by atoms with Gasteiger partial charge in [0.15, 0.2) is 0 Å². The second-order valence-electron chi connectivity index (χ2n) is 5.25. The zero-order valence-electron chi connectivity index (χ0n) is 11.6. The van der Waals surface area contributed by atoms with Gasteiger partial charge in [-0.3, -0.25) is 9.69 Å². The number of carboxylic acid groups (broad SMARTS) is 1. The second kappa shape index (κ2) is 7.09. The summed E-state index contributed by atoms with van der Waals surface area (Å²) in [5.74, 6) is 0.00147. The van der Waals surface area contributed by atoms with Gasteiger partial charge >= 0.3 is 5.97 Å². The van der Waals surface area contributed by atoms with Crippen LogP contribution in [0, 0.1) is 5.92 Å². The average molecular weight is 342 g/mol. The second-order valence-corrected chi connectivity index (χ2v) is 6.17. The summed E-state index contributed by atoms with van der Waals surface area (Å²) < 4.78 is 6.73. The number of hydrogen-bond acceptors (Lipinski definition) is 3. The van der Waals surface area contributed by atoms with E-state index in [9.17, 15) is 4.79 Å². The van der Waals surface area contributed by atoms with E-state index >= 15 is 0 Å². The van der Waals surface area contributed by atoms with E-state index in [1.165, 1.54) is 0 Å². The minimum Gasteiger partial charge on any atom is -0.492 e. The molecule has 110 valence electrons. The lowest BCUT2D eigenvalue weighted by atomic mass is 9.92. The normalized spacial score (nSPS) is 23.5. The van der Waals surface area contributed by atoms with Gasteiger partial charge in [0.05, 0.1) is 5.92 Å². The Hall–Kier alpha value is -1.07. The average Bonchev–Trinajstić information content (AvgIpc) is 2.40. The van der Waals surface area contributed by atoms with Crippen molar-refractivity contribution in [1.82, 2.24) is 4.90 Å². The van der Waals surface area contributed by atoms with E-state index in [1.807, 2.05) is 24.3 Å². The van der Waals surface area contributed by atoms with Crippen molar-refractivity contribution in [2.75, 3.05) is 19.7 Å². The molecule has 4 nitrogen and oxygen atoms in total. The maximum atomic E-state index is 11.0. The van der Waals surface area contributed by atoms with E-state index in [4.69, 9.17) is 9.84 Å². The fraction of sp³-hybridized carbons (Fsp3) is 0.533. The zero-order valence-corrected chi connectivity index (χ0v) is 13.2. The maximum absolute atomic E-state index is 11.0. The van der Waals surface area contributed by atoms with Gasteiger partial charge in [0.1, 0.15) is 12.4 Å². The summed E-state index contributed by atoms with van der Waals surface area (Å²) in [6.07, 6.45) is 1.46. The van der Waals surface area contributed by atoms with Gasteiger partial charge in [0, 0.05) is 17.1 Å². The van der Waals surface area contributed by atoms with Crippen molar-refractivity contribution in [3.63, 3.8) is 0 Å². The van der Waals surface area contributed by atoms with Gasteiger partial charge in [-0.15, -0.1) is 0 Å². The molecule has 0 saturated carbocycles. The Bertz CT molecular complexity index is 466. The molecule has 1 aromatic rings. The van der Waals surface area contributed by atoms with Crippen LogP contribution in [0.15, 0.2) is 28.7 Å². The Morgan fingerprint density at radius 2 is 2.35 bits per heavy atom. The third kappa shape index (κ3) is 4.21. The molecule has 1 aromatic carbocycles. The van der Waals surface area contributed by atoms with Crippen molar-refractivity contribution >= 4 is 21.9 Å². The van der Waals surface area contributed by atoms with Gasteiger partial charge in [0.2, 0.25) is 0 Å². The zero-order chi connectivity index (χ0) is 14.5. The molecule has 1 fully saturated rings. The van der Waals surface area contributed by atoms with Crippen LogP contribution in [-0.2, 0) is 4.79 Å². The number of hydrogen-bond donors (Lipinski definition) is 1. The van der Waals surface area contributed by atoms with E-state index in [1.54, 1.807) is 0 Å². The van der Waals surface area contributed by atoms with Crippen LogP contribution in [-0.4, -0.2) is 41.7 Å². The fourth-order valence-electron chi connectivity index (χ4n) is 2.61. The molecule has 1 heterocycles. The number of piperidine rings is 1. The van der Waals surface area contributed by atoms with E-state index in [2.05, 4.69) is 27.8 Å². The van der Waals surface area contributed by atoms with Crippen LogP contribution in [0.3, 0.4) is 0 Å². The van der Waals surface area contributed by atoms with Gasteiger partial charge in [-0.1, -0.05) is 22.0 Å². The van der Waals surface area contributed by atoms with E-state index in [-0.39, 0.29) is 5.92 Å². The number of halogens is 1. The first-order chi connectivity index (χ1) is 9.56. The van der Waals surface area contributed by atoms with Crippen LogP contribution in [0.5, 0.6) is 5.75 Å². The third-order valence-corrected chi connectivity index (χ3v) is 4.30. The Morgan fingerprint density at radius 1 is 1.55 bits per heavy atom. The van der Waals surface area contributed by atoms with Gasteiger partial charge < -0.3 is 9.84 Å². The molecule has 20 heavy (non-hydrogen) atoms. The predicted octanol–water partition coefficient (Wildman–Crippen LogP) is 3.01. The highest BCUT2D eigenvalue weighted by atomic mass is 79.9. The van der Waals surface area contributed by atoms with Crippen molar-refractivity contribution in [2.45, 2.75) is 25.8 Å². The number of likely N-dealkylation sites (tertiary alicyclic amines) is 1. The van der Waals surface area contributed by atoms with Crippen molar-refractivity contribution in [1.29, 1.82) is 0 Å². The lowest BCUT2D eigenvalue weighted by Crippen LogP contribution is -2.44. The molecular weight excluding hydrogens is 322 g/mol. The Balaban J connectivity index is 1.76. The summed E-state index contributed by atoms with van der Waals surface area (Å²) in [6.45, 7) is 4.38. The van der Waals surface area contributed by atoms with Gasteiger partial charge in [-0.25, -0.2) is 0 Å². The first-order valence-corrected chi connectivity index (χ1v) is 7.71. The first-order valence-electron chi connectivity index (χ1n) is 6.91. The SMILES string of the molecule is CC1CC(C(=O)O)CCN1CCOc1cccc(Br)c1. The number of aliphatic carboxylic acids is 1. The van der Waals surface area contributed by atoms with Crippen LogP contribution >= 0.6 is 15.9 Å².